The number of benzene rings is 1. The number of alkyl halides is 1. The molecule has 2 N–H and O–H groups in total. The van der Waals surface area contributed by atoms with Gasteiger partial charge in [-0.15, -0.1) is 0 Å². The molecule has 1 unspecified atom stereocenters. The highest BCUT2D eigenvalue weighted by molar-refractivity contribution is 5.67. The maximum absolute atomic E-state index is 14.3. The van der Waals surface area contributed by atoms with Gasteiger partial charge in [0, 0.05) is 12.1 Å². The highest BCUT2D eigenvalue weighted by atomic mass is 19.1. The topological polar surface area (TPSA) is 48.1 Å². The highest BCUT2D eigenvalue weighted by Gasteiger charge is 2.27. The monoisotopic (exact) mass is 322 g/mol. The quantitative estimate of drug-likeness (QED) is 0.909. The Hall–Kier alpha value is -2.01. The van der Waals surface area contributed by atoms with Crippen LogP contribution in [0.4, 0.5) is 8.78 Å². The number of nitrogens with zero attached hydrogens (tertiary/aromatic N) is 1. The van der Waals surface area contributed by atoms with Gasteiger partial charge in [-0.25, -0.2) is 13.8 Å². The molecule has 0 radical (unpaired) electrons. The normalized spacial score (nSPS) is 12.9. The van der Waals surface area contributed by atoms with E-state index in [9.17, 15) is 8.78 Å². The van der Waals surface area contributed by atoms with Gasteiger partial charge in [-0.2, -0.15) is 0 Å². The second kappa shape index (κ2) is 8.02. The number of halogens is 2. The third-order valence-electron chi connectivity index (χ3n) is 3.43. The molecule has 5 heteroatoms. The maximum Gasteiger partial charge on any atom is 0.162 e. The average Bonchev–Trinajstić information content (AvgIpc) is 2.58. The number of pyridine rings is 1. The molecule has 0 aliphatic rings. The fourth-order valence-electron chi connectivity index (χ4n) is 2.00. The molecule has 0 bridgehead atoms. The molecule has 0 saturated carbocycles. The molecule has 2 rings (SSSR count). The van der Waals surface area contributed by atoms with Crippen molar-refractivity contribution in [1.82, 2.24) is 4.98 Å². The van der Waals surface area contributed by atoms with E-state index in [2.05, 4.69) is 4.98 Å². The minimum atomic E-state index is -1.73. The Labute approximate surface area is 136 Å². The van der Waals surface area contributed by atoms with Gasteiger partial charge >= 0.3 is 0 Å². The minimum Gasteiger partial charge on any atom is -0.494 e. The Morgan fingerprint density at radius 1 is 1.22 bits per heavy atom. The van der Waals surface area contributed by atoms with Gasteiger partial charge in [-0.3, -0.25) is 0 Å². The van der Waals surface area contributed by atoms with Crippen LogP contribution in [0.1, 0.15) is 32.0 Å². The number of ether oxygens (including phenoxy) is 1. The highest BCUT2D eigenvalue weighted by Crippen LogP contribution is 2.32. The summed E-state index contributed by atoms with van der Waals surface area (Å²) in [4.78, 5) is 4.32. The van der Waals surface area contributed by atoms with Crippen LogP contribution < -0.4 is 10.5 Å². The van der Waals surface area contributed by atoms with Crippen LogP contribution in [0.2, 0.25) is 0 Å². The zero-order chi connectivity index (χ0) is 17.6. The van der Waals surface area contributed by atoms with E-state index in [4.69, 9.17) is 10.5 Å². The van der Waals surface area contributed by atoms with E-state index in [0.717, 1.165) is 0 Å². The smallest absolute Gasteiger partial charge is 0.162 e. The molecule has 2 aromatic rings. The third-order valence-corrected chi connectivity index (χ3v) is 3.43. The molecule has 3 nitrogen and oxygen atoms in total. The summed E-state index contributed by atoms with van der Waals surface area (Å²) in [6, 6.07) is 7.79. The van der Waals surface area contributed by atoms with Crippen LogP contribution in [-0.2, 0) is 5.67 Å². The minimum absolute atomic E-state index is 0.172. The van der Waals surface area contributed by atoms with Crippen LogP contribution in [0.25, 0.3) is 11.3 Å². The van der Waals surface area contributed by atoms with E-state index in [1.165, 1.54) is 20.1 Å². The molecule has 0 aliphatic heterocycles. The Balaban J connectivity index is 0.00000127. The van der Waals surface area contributed by atoms with Gasteiger partial charge in [0.1, 0.15) is 17.3 Å². The lowest BCUT2D eigenvalue weighted by Crippen LogP contribution is -2.27. The lowest BCUT2D eigenvalue weighted by Gasteiger charge is -2.19. The molecule has 126 valence electrons. The Kier molecular flexibility index (Phi) is 6.63. The molecule has 0 amide bonds. The van der Waals surface area contributed by atoms with E-state index >= 15 is 0 Å². The molecule has 1 atom stereocenters. The summed E-state index contributed by atoms with van der Waals surface area (Å²) in [5, 5.41) is 0. The van der Waals surface area contributed by atoms with Crippen molar-refractivity contribution in [3.63, 3.8) is 0 Å². The Morgan fingerprint density at radius 3 is 2.39 bits per heavy atom. The summed E-state index contributed by atoms with van der Waals surface area (Å²) in [6.07, 6.45) is 0. The van der Waals surface area contributed by atoms with Crippen molar-refractivity contribution >= 4 is 0 Å². The Morgan fingerprint density at radius 2 is 1.87 bits per heavy atom. The molecule has 0 spiro atoms. The van der Waals surface area contributed by atoms with Crippen LogP contribution in [0.5, 0.6) is 5.75 Å². The number of hydrogen-bond acceptors (Lipinski definition) is 3. The van der Waals surface area contributed by atoms with Crippen LogP contribution >= 0.6 is 0 Å². The van der Waals surface area contributed by atoms with Gasteiger partial charge in [0.15, 0.2) is 5.67 Å². The number of aromatic nitrogens is 1. The average molecular weight is 322 g/mol. The van der Waals surface area contributed by atoms with Crippen molar-refractivity contribution < 1.29 is 13.5 Å². The first-order valence-electron chi connectivity index (χ1n) is 7.60. The first kappa shape index (κ1) is 19.0. The van der Waals surface area contributed by atoms with Crippen molar-refractivity contribution in [3.8, 4) is 17.0 Å². The lowest BCUT2D eigenvalue weighted by atomic mass is 10.0. The summed E-state index contributed by atoms with van der Waals surface area (Å²) < 4.78 is 33.0. The van der Waals surface area contributed by atoms with Gasteiger partial charge in [-0.05, 0) is 49.7 Å². The largest absolute Gasteiger partial charge is 0.494 e. The van der Waals surface area contributed by atoms with Gasteiger partial charge < -0.3 is 10.5 Å². The molecule has 0 fully saturated rings. The maximum atomic E-state index is 14.3. The summed E-state index contributed by atoms with van der Waals surface area (Å²) in [5.74, 6) is 0.198. The molecule has 0 saturated heterocycles. The molecule has 1 heterocycles. The summed E-state index contributed by atoms with van der Waals surface area (Å²) >= 11 is 0. The molecule has 0 aliphatic carbocycles. The molecule has 1 aromatic heterocycles. The predicted octanol–water partition coefficient (Wildman–Crippen LogP) is 4.37. The van der Waals surface area contributed by atoms with Crippen LogP contribution in [0.3, 0.4) is 0 Å². The van der Waals surface area contributed by atoms with Gasteiger partial charge in [0.05, 0.1) is 12.8 Å². The zero-order valence-corrected chi connectivity index (χ0v) is 14.3. The second-order valence-electron chi connectivity index (χ2n) is 5.11. The van der Waals surface area contributed by atoms with Crippen molar-refractivity contribution in [2.24, 2.45) is 5.73 Å². The number of aryl methyl sites for hydroxylation is 1. The SMILES string of the molecule is CC.COc1ccc(C(C)(F)CN)nc1-c1ccc(F)c(C)c1. The predicted molar refractivity (Wildman–Crippen MR) is 89.8 cm³/mol. The van der Waals surface area contributed by atoms with Crippen molar-refractivity contribution in [3.05, 3.63) is 47.4 Å². The first-order valence-corrected chi connectivity index (χ1v) is 7.60. The van der Waals surface area contributed by atoms with Crippen molar-refractivity contribution in [1.29, 1.82) is 0 Å². The summed E-state index contributed by atoms with van der Waals surface area (Å²) in [6.45, 7) is 6.87. The number of hydrogen-bond donors (Lipinski definition) is 1. The van der Waals surface area contributed by atoms with Gasteiger partial charge in [0.2, 0.25) is 0 Å². The van der Waals surface area contributed by atoms with E-state index in [0.29, 0.717) is 22.6 Å². The van der Waals surface area contributed by atoms with Crippen LogP contribution in [-0.4, -0.2) is 18.6 Å². The van der Waals surface area contributed by atoms with Crippen LogP contribution in [0.15, 0.2) is 30.3 Å². The van der Waals surface area contributed by atoms with Crippen molar-refractivity contribution in [2.45, 2.75) is 33.4 Å². The number of rotatable bonds is 4. The molecule has 23 heavy (non-hydrogen) atoms. The van der Waals surface area contributed by atoms with Crippen molar-refractivity contribution in [2.75, 3.05) is 13.7 Å². The number of nitrogens with two attached hydrogens (primary N) is 1. The zero-order valence-electron chi connectivity index (χ0n) is 14.3. The van der Waals surface area contributed by atoms with E-state index < -0.39 is 5.67 Å². The van der Waals surface area contributed by atoms with E-state index in [-0.39, 0.29) is 18.1 Å². The van der Waals surface area contributed by atoms with Gasteiger partial charge in [-0.1, -0.05) is 13.8 Å². The lowest BCUT2D eigenvalue weighted by molar-refractivity contribution is 0.196. The number of methoxy groups -OCH3 is 1. The van der Waals surface area contributed by atoms with E-state index in [1.807, 2.05) is 13.8 Å². The fraction of sp³-hybridized carbons (Fsp3) is 0.389. The first-order chi connectivity index (χ1) is 10.9. The second-order valence-corrected chi connectivity index (χ2v) is 5.11. The summed E-state index contributed by atoms with van der Waals surface area (Å²) in [5.41, 5.74) is 5.57. The van der Waals surface area contributed by atoms with Crippen LogP contribution in [0, 0.1) is 12.7 Å². The Bertz CT molecular complexity index is 657. The molecular formula is C18H24F2N2O. The summed E-state index contributed by atoms with van der Waals surface area (Å²) in [7, 11) is 1.51. The third kappa shape index (κ3) is 4.26. The fourth-order valence-corrected chi connectivity index (χ4v) is 2.00. The molecular weight excluding hydrogens is 298 g/mol. The standard InChI is InChI=1S/C16H18F2N2O.C2H6/c1-10-8-11(4-5-12(10)17)15-13(21-3)6-7-14(20-15)16(2,18)9-19;1-2/h4-8H,9,19H2,1-3H3;1-2H3. The van der Waals surface area contributed by atoms with E-state index in [1.54, 1.807) is 31.2 Å². The van der Waals surface area contributed by atoms with Gasteiger partial charge in [0.25, 0.3) is 0 Å². The molecule has 1 aromatic carbocycles.